The second-order valence-electron chi connectivity index (χ2n) is 4.07. The van der Waals surface area contributed by atoms with Crippen LogP contribution in [0.2, 0.25) is 0 Å². The van der Waals surface area contributed by atoms with Crippen molar-refractivity contribution in [2.45, 2.75) is 18.9 Å². The smallest absolute Gasteiger partial charge is 0.150 e. The maximum Gasteiger partial charge on any atom is 0.150 e. The second kappa shape index (κ2) is 4.67. The van der Waals surface area contributed by atoms with Gasteiger partial charge >= 0.3 is 0 Å². The molecule has 1 atom stereocenters. The van der Waals surface area contributed by atoms with Crippen molar-refractivity contribution in [3.8, 4) is 0 Å². The van der Waals surface area contributed by atoms with Crippen LogP contribution in [0.15, 0.2) is 16.6 Å². The Balaban J connectivity index is 2.32. The molecule has 1 aromatic rings. The Hall–Kier alpha value is -0.680. The molecule has 2 rings (SSSR count). The van der Waals surface area contributed by atoms with Crippen molar-refractivity contribution in [3.63, 3.8) is 0 Å². The van der Waals surface area contributed by atoms with Gasteiger partial charge in [-0.15, -0.1) is 0 Å². The summed E-state index contributed by atoms with van der Waals surface area (Å²) in [6.07, 6.45) is 1.78. The van der Waals surface area contributed by atoms with Gasteiger partial charge in [0, 0.05) is 23.6 Å². The highest BCUT2D eigenvalue weighted by Crippen LogP contribution is 2.29. The van der Waals surface area contributed by atoms with E-state index in [1.54, 1.807) is 4.90 Å². The lowest BCUT2D eigenvalue weighted by Crippen LogP contribution is -2.43. The van der Waals surface area contributed by atoms with Crippen molar-refractivity contribution in [1.29, 1.82) is 0 Å². The summed E-state index contributed by atoms with van der Waals surface area (Å²) in [6, 6.07) is 2.55. The summed E-state index contributed by atoms with van der Waals surface area (Å²) in [7, 11) is 0. The molecule has 2 N–H and O–H groups in total. The molecular weight excluding hydrogens is 278 g/mol. The number of nitrogens with zero attached hydrogens (tertiary/aromatic N) is 1. The lowest BCUT2D eigenvalue weighted by molar-refractivity contribution is 0.486. The van der Waals surface area contributed by atoms with Crippen LogP contribution in [0.4, 0.5) is 14.5 Å². The first-order chi connectivity index (χ1) is 7.58. The number of piperidine rings is 1. The lowest BCUT2D eigenvalue weighted by Gasteiger charge is -2.33. The van der Waals surface area contributed by atoms with Gasteiger partial charge in [-0.1, -0.05) is 15.9 Å². The molecule has 1 aromatic carbocycles. The number of hydrogen-bond acceptors (Lipinski definition) is 2. The minimum absolute atomic E-state index is 0.00352. The molecule has 0 aromatic heterocycles. The molecule has 5 heteroatoms. The Labute approximate surface area is 102 Å². The maximum atomic E-state index is 13.7. The Morgan fingerprint density at radius 3 is 2.50 bits per heavy atom. The number of anilines is 1. The first kappa shape index (κ1) is 11.8. The molecule has 1 aliphatic rings. The summed E-state index contributed by atoms with van der Waals surface area (Å²) in [6.45, 7) is 1.17. The van der Waals surface area contributed by atoms with Crippen molar-refractivity contribution in [2.75, 3.05) is 18.0 Å². The normalized spacial score (nSPS) is 21.2. The molecule has 0 aliphatic carbocycles. The molecule has 1 fully saturated rings. The van der Waals surface area contributed by atoms with Crippen LogP contribution in [-0.2, 0) is 0 Å². The number of hydrogen-bond donors (Lipinski definition) is 1. The largest absolute Gasteiger partial charge is 0.365 e. The summed E-state index contributed by atoms with van der Waals surface area (Å²) in [4.78, 5) is 1.69. The van der Waals surface area contributed by atoms with Gasteiger partial charge in [-0.25, -0.2) is 8.78 Å². The van der Waals surface area contributed by atoms with E-state index >= 15 is 0 Å². The molecule has 88 valence electrons. The van der Waals surface area contributed by atoms with Gasteiger partial charge < -0.3 is 10.6 Å². The average molecular weight is 291 g/mol. The minimum Gasteiger partial charge on any atom is -0.365 e. The zero-order valence-corrected chi connectivity index (χ0v) is 10.3. The zero-order chi connectivity index (χ0) is 11.7. The van der Waals surface area contributed by atoms with Crippen molar-refractivity contribution in [2.24, 2.45) is 5.73 Å². The average Bonchev–Trinajstić information content (AvgIpc) is 2.15. The summed E-state index contributed by atoms with van der Waals surface area (Å²) in [5.74, 6) is -1.08. The van der Waals surface area contributed by atoms with E-state index in [9.17, 15) is 8.78 Å². The molecule has 16 heavy (non-hydrogen) atoms. The standard InChI is InChI=1S/C11H13BrF2N2/c12-7-4-9(13)11(10(14)5-7)16-3-1-2-8(15)6-16/h4-5,8H,1-3,6,15H2. The van der Waals surface area contributed by atoms with Crippen molar-refractivity contribution < 1.29 is 8.78 Å². The fourth-order valence-corrected chi connectivity index (χ4v) is 2.45. The first-order valence-electron chi connectivity index (χ1n) is 5.23. The van der Waals surface area contributed by atoms with Crippen molar-refractivity contribution in [1.82, 2.24) is 0 Å². The Bertz CT molecular complexity index is 375. The van der Waals surface area contributed by atoms with Crippen LogP contribution in [0.25, 0.3) is 0 Å². The molecule has 0 saturated carbocycles. The van der Waals surface area contributed by atoms with Crippen LogP contribution in [0, 0.1) is 11.6 Å². The van der Waals surface area contributed by atoms with E-state index < -0.39 is 11.6 Å². The summed E-state index contributed by atoms with van der Waals surface area (Å²) < 4.78 is 27.8. The van der Waals surface area contributed by atoms with Crippen LogP contribution < -0.4 is 10.6 Å². The predicted molar refractivity (Wildman–Crippen MR) is 63.5 cm³/mol. The van der Waals surface area contributed by atoms with Crippen LogP contribution in [0.5, 0.6) is 0 Å². The Morgan fingerprint density at radius 1 is 1.31 bits per heavy atom. The second-order valence-corrected chi connectivity index (χ2v) is 4.98. The van der Waals surface area contributed by atoms with Crippen LogP contribution >= 0.6 is 15.9 Å². The maximum absolute atomic E-state index is 13.7. The molecular formula is C11H13BrF2N2. The molecule has 0 amide bonds. The van der Waals surface area contributed by atoms with Gasteiger partial charge in [-0.3, -0.25) is 0 Å². The summed E-state index contributed by atoms with van der Waals surface area (Å²) >= 11 is 3.06. The van der Waals surface area contributed by atoms with Gasteiger partial charge in [-0.2, -0.15) is 0 Å². The Kier molecular flexibility index (Phi) is 3.44. The highest BCUT2D eigenvalue weighted by molar-refractivity contribution is 9.10. The molecule has 1 heterocycles. The van der Waals surface area contributed by atoms with E-state index in [1.165, 1.54) is 12.1 Å². The summed E-state index contributed by atoms with van der Waals surface area (Å²) in [5.41, 5.74) is 5.84. The van der Waals surface area contributed by atoms with Crippen LogP contribution in [-0.4, -0.2) is 19.1 Å². The molecule has 0 bridgehead atoms. The molecule has 2 nitrogen and oxygen atoms in total. The zero-order valence-electron chi connectivity index (χ0n) is 8.72. The van der Waals surface area contributed by atoms with E-state index in [-0.39, 0.29) is 11.7 Å². The number of nitrogens with two attached hydrogens (primary N) is 1. The Morgan fingerprint density at radius 2 is 1.94 bits per heavy atom. The van der Waals surface area contributed by atoms with E-state index in [1.807, 2.05) is 0 Å². The van der Waals surface area contributed by atoms with E-state index in [4.69, 9.17) is 5.73 Å². The van der Waals surface area contributed by atoms with Crippen LogP contribution in [0.1, 0.15) is 12.8 Å². The molecule has 1 saturated heterocycles. The van der Waals surface area contributed by atoms with Gasteiger partial charge in [0.1, 0.15) is 5.69 Å². The lowest BCUT2D eigenvalue weighted by atomic mass is 10.1. The molecule has 0 spiro atoms. The van der Waals surface area contributed by atoms with Gasteiger partial charge in [0.15, 0.2) is 11.6 Å². The van der Waals surface area contributed by atoms with Gasteiger partial charge in [-0.05, 0) is 25.0 Å². The van der Waals surface area contributed by atoms with E-state index in [0.717, 1.165) is 12.8 Å². The monoisotopic (exact) mass is 290 g/mol. The first-order valence-corrected chi connectivity index (χ1v) is 6.02. The topological polar surface area (TPSA) is 29.3 Å². The van der Waals surface area contributed by atoms with Gasteiger partial charge in [0.25, 0.3) is 0 Å². The molecule has 1 unspecified atom stereocenters. The summed E-state index contributed by atoms with van der Waals surface area (Å²) in [5, 5.41) is 0. The van der Waals surface area contributed by atoms with E-state index in [2.05, 4.69) is 15.9 Å². The third kappa shape index (κ3) is 2.35. The van der Waals surface area contributed by atoms with Crippen molar-refractivity contribution in [3.05, 3.63) is 28.2 Å². The number of halogens is 3. The SMILES string of the molecule is NC1CCCN(c2c(F)cc(Br)cc2F)C1. The third-order valence-electron chi connectivity index (χ3n) is 2.76. The molecule has 1 aliphatic heterocycles. The highest BCUT2D eigenvalue weighted by atomic mass is 79.9. The van der Waals surface area contributed by atoms with Crippen molar-refractivity contribution >= 4 is 21.6 Å². The number of benzene rings is 1. The van der Waals surface area contributed by atoms with Gasteiger partial charge in [0.2, 0.25) is 0 Å². The highest BCUT2D eigenvalue weighted by Gasteiger charge is 2.22. The third-order valence-corrected chi connectivity index (χ3v) is 3.21. The van der Waals surface area contributed by atoms with Crippen LogP contribution in [0.3, 0.4) is 0 Å². The minimum atomic E-state index is -0.541. The fourth-order valence-electron chi connectivity index (χ4n) is 2.05. The van der Waals surface area contributed by atoms with E-state index in [0.29, 0.717) is 17.6 Å². The predicted octanol–water partition coefficient (Wildman–Crippen LogP) is 2.65. The van der Waals surface area contributed by atoms with Gasteiger partial charge in [0.05, 0.1) is 0 Å². The fraction of sp³-hybridized carbons (Fsp3) is 0.455. The quantitative estimate of drug-likeness (QED) is 0.862. The molecule has 0 radical (unpaired) electrons. The number of rotatable bonds is 1.